The van der Waals surface area contributed by atoms with Crippen molar-refractivity contribution in [3.8, 4) is 0 Å². The highest BCUT2D eigenvalue weighted by molar-refractivity contribution is 5.77. The lowest BCUT2D eigenvalue weighted by atomic mass is 9.87. The molecular formula is C21H41N5O. The molecule has 0 aromatic heterocycles. The third-order valence-electron chi connectivity index (χ3n) is 5.53. The molecule has 6 heteroatoms. The maximum Gasteiger partial charge on any atom is 0.317 e. The topological polar surface area (TPSA) is 50.9 Å². The predicted octanol–water partition coefficient (Wildman–Crippen LogP) is 4.08. The monoisotopic (exact) mass is 379 g/mol. The molecule has 2 rings (SSSR count). The van der Waals surface area contributed by atoms with Crippen LogP contribution in [0.25, 0.3) is 0 Å². The molecule has 0 aromatic carbocycles. The first-order valence-corrected chi connectivity index (χ1v) is 10.9. The smallest absolute Gasteiger partial charge is 0.317 e. The number of nitrogens with zero attached hydrogens (tertiary/aromatic N) is 3. The summed E-state index contributed by atoms with van der Waals surface area (Å²) in [6.45, 7) is 14.8. The minimum atomic E-state index is 0.104. The van der Waals surface area contributed by atoms with Crippen molar-refractivity contribution in [3.63, 3.8) is 0 Å². The van der Waals surface area contributed by atoms with Gasteiger partial charge in [0.15, 0.2) is 0 Å². The SMILES string of the molecule is CCCCN1C=C(CCCCN2C[C@H](C(C)(C)C)NC2=O)N(CCCC)N1. The summed E-state index contributed by atoms with van der Waals surface area (Å²) in [6, 6.07) is 0.357. The average Bonchev–Trinajstić information content (AvgIpc) is 3.18. The van der Waals surface area contributed by atoms with Crippen molar-refractivity contribution in [2.24, 2.45) is 5.41 Å². The van der Waals surface area contributed by atoms with Gasteiger partial charge >= 0.3 is 6.03 Å². The number of carbonyl (C=O) groups excluding carboxylic acids is 1. The number of carbonyl (C=O) groups is 1. The molecule has 0 saturated carbocycles. The van der Waals surface area contributed by atoms with Crippen LogP contribution in [0.2, 0.25) is 0 Å². The fourth-order valence-electron chi connectivity index (χ4n) is 3.53. The molecule has 1 fully saturated rings. The van der Waals surface area contributed by atoms with Crippen LogP contribution in [-0.4, -0.2) is 53.2 Å². The van der Waals surface area contributed by atoms with E-state index in [1.54, 1.807) is 0 Å². The molecule has 27 heavy (non-hydrogen) atoms. The molecule has 0 radical (unpaired) electrons. The van der Waals surface area contributed by atoms with Gasteiger partial charge in [0.2, 0.25) is 0 Å². The molecule has 2 heterocycles. The normalized spacial score (nSPS) is 20.5. The van der Waals surface area contributed by atoms with Gasteiger partial charge in [-0.2, -0.15) is 0 Å². The van der Waals surface area contributed by atoms with Crippen LogP contribution < -0.4 is 10.9 Å². The molecule has 0 aliphatic carbocycles. The first-order valence-electron chi connectivity index (χ1n) is 10.9. The molecule has 0 bridgehead atoms. The van der Waals surface area contributed by atoms with Crippen LogP contribution >= 0.6 is 0 Å². The summed E-state index contributed by atoms with van der Waals surface area (Å²) in [6.07, 6.45) is 10.3. The summed E-state index contributed by atoms with van der Waals surface area (Å²) >= 11 is 0. The Morgan fingerprint density at radius 2 is 1.74 bits per heavy atom. The van der Waals surface area contributed by atoms with E-state index in [-0.39, 0.29) is 17.5 Å². The van der Waals surface area contributed by atoms with E-state index in [4.69, 9.17) is 0 Å². The van der Waals surface area contributed by atoms with E-state index in [1.807, 2.05) is 4.90 Å². The Morgan fingerprint density at radius 1 is 1.04 bits per heavy atom. The molecule has 0 spiro atoms. The average molecular weight is 380 g/mol. The lowest BCUT2D eigenvalue weighted by Gasteiger charge is -2.26. The van der Waals surface area contributed by atoms with Gasteiger partial charge in [0.1, 0.15) is 0 Å². The number of unbranched alkanes of at least 4 members (excludes halogenated alkanes) is 3. The van der Waals surface area contributed by atoms with E-state index < -0.39 is 0 Å². The van der Waals surface area contributed by atoms with Crippen molar-refractivity contribution >= 4 is 6.03 Å². The molecule has 1 atom stereocenters. The van der Waals surface area contributed by atoms with Crippen LogP contribution in [0.5, 0.6) is 0 Å². The maximum atomic E-state index is 12.2. The van der Waals surface area contributed by atoms with Gasteiger partial charge in [-0.25, -0.2) is 4.79 Å². The molecule has 6 nitrogen and oxygen atoms in total. The lowest BCUT2D eigenvalue weighted by molar-refractivity contribution is 0.123. The number of hydrogen-bond donors (Lipinski definition) is 2. The van der Waals surface area contributed by atoms with E-state index in [9.17, 15) is 4.79 Å². The largest absolute Gasteiger partial charge is 0.333 e. The predicted molar refractivity (Wildman–Crippen MR) is 112 cm³/mol. The molecular weight excluding hydrogens is 338 g/mol. The second kappa shape index (κ2) is 10.2. The fraction of sp³-hybridized carbons (Fsp3) is 0.857. The first kappa shape index (κ1) is 21.9. The number of rotatable bonds is 11. The summed E-state index contributed by atoms with van der Waals surface area (Å²) in [5.74, 6) is 0. The van der Waals surface area contributed by atoms with Crippen molar-refractivity contribution in [2.45, 2.75) is 85.6 Å². The second-order valence-electron chi connectivity index (χ2n) is 9.04. The van der Waals surface area contributed by atoms with Crippen LogP contribution in [0.3, 0.4) is 0 Å². The van der Waals surface area contributed by atoms with Crippen LogP contribution in [0.1, 0.15) is 79.6 Å². The molecule has 2 aliphatic heterocycles. The van der Waals surface area contributed by atoms with Crippen LogP contribution in [0, 0.1) is 5.41 Å². The van der Waals surface area contributed by atoms with Crippen LogP contribution in [-0.2, 0) is 0 Å². The highest BCUT2D eigenvalue weighted by atomic mass is 16.2. The van der Waals surface area contributed by atoms with Crippen molar-refractivity contribution in [3.05, 3.63) is 11.9 Å². The van der Waals surface area contributed by atoms with Gasteiger partial charge in [-0.15, -0.1) is 5.53 Å². The summed E-state index contributed by atoms with van der Waals surface area (Å²) in [5.41, 5.74) is 5.03. The minimum absolute atomic E-state index is 0.104. The molecule has 1 saturated heterocycles. The Kier molecular flexibility index (Phi) is 8.27. The molecule has 0 aromatic rings. The number of hydrazine groups is 2. The van der Waals surface area contributed by atoms with Crippen molar-refractivity contribution in [1.29, 1.82) is 0 Å². The van der Waals surface area contributed by atoms with Gasteiger partial charge in [0.25, 0.3) is 0 Å². The molecule has 0 unspecified atom stereocenters. The summed E-state index contributed by atoms with van der Waals surface area (Å²) < 4.78 is 0. The fourth-order valence-corrected chi connectivity index (χ4v) is 3.53. The summed E-state index contributed by atoms with van der Waals surface area (Å²) in [5, 5.41) is 7.68. The minimum Gasteiger partial charge on any atom is -0.333 e. The Balaban J connectivity index is 1.76. The molecule has 156 valence electrons. The van der Waals surface area contributed by atoms with E-state index in [0.717, 1.165) is 45.4 Å². The number of nitrogens with one attached hydrogen (secondary N) is 2. The van der Waals surface area contributed by atoms with Gasteiger partial charge in [-0.05, 0) is 37.5 Å². The van der Waals surface area contributed by atoms with Gasteiger partial charge in [-0.3, -0.25) is 10.0 Å². The standard InChI is InChI=1S/C21H41N5O/c1-6-8-14-25-16-18(26(23-25)15-9-7-2)12-10-11-13-24-17-19(21(3,4)5)22-20(24)27/h16,19,23H,6-15,17H2,1-5H3,(H,22,27)/t19-/m1/s1. The van der Waals surface area contributed by atoms with E-state index >= 15 is 0 Å². The summed E-state index contributed by atoms with van der Waals surface area (Å²) in [4.78, 5) is 14.2. The maximum absolute atomic E-state index is 12.2. The Bertz CT molecular complexity index is 499. The zero-order valence-corrected chi connectivity index (χ0v) is 18.2. The Hall–Kier alpha value is -1.43. The van der Waals surface area contributed by atoms with Crippen molar-refractivity contribution in [2.75, 3.05) is 26.2 Å². The van der Waals surface area contributed by atoms with Gasteiger partial charge < -0.3 is 10.2 Å². The number of hydrogen-bond acceptors (Lipinski definition) is 4. The van der Waals surface area contributed by atoms with E-state index in [1.165, 1.54) is 31.4 Å². The third kappa shape index (κ3) is 6.59. The highest BCUT2D eigenvalue weighted by Gasteiger charge is 2.35. The summed E-state index contributed by atoms with van der Waals surface area (Å²) in [7, 11) is 0. The first-order chi connectivity index (χ1) is 12.8. The van der Waals surface area contributed by atoms with E-state index in [2.05, 4.69) is 61.7 Å². The Morgan fingerprint density at radius 3 is 2.37 bits per heavy atom. The number of allylic oxidation sites excluding steroid dienone is 1. The zero-order chi connectivity index (χ0) is 19.9. The second-order valence-corrected chi connectivity index (χ2v) is 9.04. The third-order valence-corrected chi connectivity index (χ3v) is 5.53. The number of urea groups is 1. The van der Waals surface area contributed by atoms with E-state index in [0.29, 0.717) is 0 Å². The van der Waals surface area contributed by atoms with Crippen LogP contribution in [0.15, 0.2) is 11.9 Å². The quantitative estimate of drug-likeness (QED) is 0.531. The van der Waals surface area contributed by atoms with Crippen molar-refractivity contribution < 1.29 is 4.79 Å². The van der Waals surface area contributed by atoms with Crippen LogP contribution in [0.4, 0.5) is 4.79 Å². The molecule has 2 N–H and O–H groups in total. The van der Waals surface area contributed by atoms with Crippen molar-refractivity contribution in [1.82, 2.24) is 25.8 Å². The molecule has 2 aliphatic rings. The highest BCUT2D eigenvalue weighted by Crippen LogP contribution is 2.24. The number of amides is 2. The van der Waals surface area contributed by atoms with Gasteiger partial charge in [0.05, 0.1) is 6.04 Å². The molecule has 2 amide bonds. The van der Waals surface area contributed by atoms with Gasteiger partial charge in [0, 0.05) is 38.1 Å². The Labute approximate surface area is 166 Å². The lowest BCUT2D eigenvalue weighted by Crippen LogP contribution is -2.41. The zero-order valence-electron chi connectivity index (χ0n) is 18.2. The van der Waals surface area contributed by atoms with Gasteiger partial charge in [-0.1, -0.05) is 47.5 Å².